The predicted molar refractivity (Wildman–Crippen MR) is 80.2 cm³/mol. The molecule has 2 aromatic carbocycles. The lowest BCUT2D eigenvalue weighted by Gasteiger charge is -2.15. The van der Waals surface area contributed by atoms with Gasteiger partial charge in [-0.2, -0.15) is 0 Å². The van der Waals surface area contributed by atoms with Gasteiger partial charge >= 0.3 is 0 Å². The first-order valence-electron chi connectivity index (χ1n) is 7.09. The number of rotatable bonds is 3. The third kappa shape index (κ3) is 2.57. The van der Waals surface area contributed by atoms with E-state index >= 15 is 0 Å². The van der Waals surface area contributed by atoms with Gasteiger partial charge in [-0.15, -0.1) is 0 Å². The molecule has 3 rings (SSSR count). The molecule has 2 aromatic rings. The fraction of sp³-hybridized carbons (Fsp3) is 0.278. The van der Waals surface area contributed by atoms with E-state index in [9.17, 15) is 4.79 Å². The summed E-state index contributed by atoms with van der Waals surface area (Å²) in [5.41, 5.74) is 1.93. The van der Waals surface area contributed by atoms with Gasteiger partial charge in [0.15, 0.2) is 5.78 Å². The van der Waals surface area contributed by atoms with Crippen LogP contribution in [0.1, 0.15) is 30.3 Å². The Morgan fingerprint density at radius 3 is 2.24 bits per heavy atom. The summed E-state index contributed by atoms with van der Waals surface area (Å²) in [7, 11) is 1.64. The molecule has 1 aliphatic heterocycles. The van der Waals surface area contributed by atoms with E-state index in [0.29, 0.717) is 0 Å². The smallest absolute Gasteiger partial charge is 0.171 e. The van der Waals surface area contributed by atoms with Crippen molar-refractivity contribution < 1.29 is 14.3 Å². The van der Waals surface area contributed by atoms with Crippen LogP contribution < -0.4 is 4.74 Å². The number of carbonyl (C=O) groups excluding carboxylic acids is 1. The Balaban J connectivity index is 1.86. The molecule has 1 saturated heterocycles. The second kappa shape index (κ2) is 5.70. The molecule has 1 fully saturated rings. The minimum Gasteiger partial charge on any atom is -0.497 e. The number of hydrogen-bond donors (Lipinski definition) is 0. The van der Waals surface area contributed by atoms with Crippen LogP contribution in [0.15, 0.2) is 54.6 Å². The van der Waals surface area contributed by atoms with Gasteiger partial charge in [-0.3, -0.25) is 4.79 Å². The average Bonchev–Trinajstić information content (AvgIpc) is 2.84. The molecule has 1 aliphatic rings. The van der Waals surface area contributed by atoms with Crippen molar-refractivity contribution in [2.45, 2.75) is 19.1 Å². The molecule has 108 valence electrons. The van der Waals surface area contributed by atoms with Gasteiger partial charge in [0.25, 0.3) is 0 Å². The Hall–Kier alpha value is -2.13. The maximum Gasteiger partial charge on any atom is 0.171 e. The molecule has 3 heteroatoms. The predicted octanol–water partition coefficient (Wildman–Crippen LogP) is 3.71. The highest BCUT2D eigenvalue weighted by Crippen LogP contribution is 2.42. The number of ketones is 1. The second-order valence-electron chi connectivity index (χ2n) is 5.31. The number of hydrogen-bond acceptors (Lipinski definition) is 3. The molecule has 0 spiro atoms. The maximum atomic E-state index is 12.5. The Morgan fingerprint density at radius 1 is 0.952 bits per heavy atom. The summed E-state index contributed by atoms with van der Waals surface area (Å²) < 4.78 is 11.2. The average molecular weight is 282 g/mol. The van der Waals surface area contributed by atoms with Crippen LogP contribution in [0.3, 0.4) is 0 Å². The summed E-state index contributed by atoms with van der Waals surface area (Å²) in [4.78, 5) is 12.5. The van der Waals surface area contributed by atoms with Crippen LogP contribution in [-0.2, 0) is 9.53 Å². The van der Waals surface area contributed by atoms with Crippen molar-refractivity contribution in [3.8, 4) is 5.75 Å². The highest BCUT2D eigenvalue weighted by molar-refractivity contribution is 5.88. The Labute approximate surface area is 124 Å². The standard InChI is InChI=1S/C18H18O3/c1-12-16(19)18(13-6-4-3-5-7-13)21-17(12)14-8-10-15(20-2)11-9-14/h3-12,17-18H,1-2H3/t12-,17-,18-/m1/s1. The minimum absolute atomic E-state index is 0.141. The van der Waals surface area contributed by atoms with Crippen molar-refractivity contribution in [3.05, 3.63) is 65.7 Å². The van der Waals surface area contributed by atoms with Gasteiger partial charge < -0.3 is 9.47 Å². The zero-order chi connectivity index (χ0) is 14.8. The van der Waals surface area contributed by atoms with Crippen LogP contribution in [0, 0.1) is 5.92 Å². The van der Waals surface area contributed by atoms with E-state index in [2.05, 4.69) is 0 Å². The van der Waals surface area contributed by atoms with Crippen molar-refractivity contribution in [2.75, 3.05) is 7.11 Å². The lowest BCUT2D eigenvalue weighted by Crippen LogP contribution is -2.12. The molecule has 0 aromatic heterocycles. The summed E-state index contributed by atoms with van der Waals surface area (Å²) in [5.74, 6) is 0.793. The van der Waals surface area contributed by atoms with E-state index in [1.165, 1.54) is 0 Å². The Kier molecular flexibility index (Phi) is 3.76. The van der Waals surface area contributed by atoms with Crippen LogP contribution in [-0.4, -0.2) is 12.9 Å². The topological polar surface area (TPSA) is 35.5 Å². The number of benzene rings is 2. The maximum absolute atomic E-state index is 12.5. The summed E-state index contributed by atoms with van der Waals surface area (Å²) in [6.07, 6.45) is -0.665. The number of Topliss-reactive ketones (excluding diaryl/α,β-unsaturated/α-hetero) is 1. The van der Waals surface area contributed by atoms with E-state index in [1.54, 1.807) is 7.11 Å². The first kappa shape index (κ1) is 13.8. The van der Waals surface area contributed by atoms with E-state index < -0.39 is 6.10 Å². The SMILES string of the molecule is COc1ccc([C@@H]2O[C@H](c3ccccc3)C(=O)[C@H]2C)cc1. The van der Waals surface area contributed by atoms with Gasteiger partial charge in [-0.25, -0.2) is 0 Å². The third-order valence-corrected chi connectivity index (χ3v) is 3.99. The van der Waals surface area contributed by atoms with E-state index in [4.69, 9.17) is 9.47 Å². The molecule has 0 aliphatic carbocycles. The second-order valence-corrected chi connectivity index (χ2v) is 5.31. The molecular formula is C18H18O3. The highest BCUT2D eigenvalue weighted by Gasteiger charge is 2.41. The summed E-state index contributed by atoms with van der Waals surface area (Å²) >= 11 is 0. The largest absolute Gasteiger partial charge is 0.497 e. The minimum atomic E-state index is -0.465. The molecule has 0 amide bonds. The molecular weight excluding hydrogens is 264 g/mol. The molecule has 1 heterocycles. The van der Waals surface area contributed by atoms with Crippen LogP contribution in [0.2, 0.25) is 0 Å². The van der Waals surface area contributed by atoms with Gasteiger partial charge in [0.05, 0.1) is 13.2 Å². The van der Waals surface area contributed by atoms with Crippen LogP contribution in [0.4, 0.5) is 0 Å². The number of ether oxygens (including phenoxy) is 2. The lowest BCUT2D eigenvalue weighted by molar-refractivity contribution is -0.124. The van der Waals surface area contributed by atoms with Gasteiger partial charge in [0, 0.05) is 5.92 Å². The van der Waals surface area contributed by atoms with E-state index in [1.807, 2.05) is 61.5 Å². The van der Waals surface area contributed by atoms with Crippen LogP contribution in [0.5, 0.6) is 5.75 Å². The molecule has 0 N–H and O–H groups in total. The monoisotopic (exact) mass is 282 g/mol. The van der Waals surface area contributed by atoms with Gasteiger partial charge in [0.1, 0.15) is 11.9 Å². The highest BCUT2D eigenvalue weighted by atomic mass is 16.5. The van der Waals surface area contributed by atoms with Gasteiger partial charge in [-0.1, -0.05) is 49.4 Å². The quantitative estimate of drug-likeness (QED) is 0.861. The fourth-order valence-corrected chi connectivity index (χ4v) is 2.75. The summed E-state index contributed by atoms with van der Waals surface area (Å²) in [5, 5.41) is 0. The van der Waals surface area contributed by atoms with Crippen molar-refractivity contribution in [1.29, 1.82) is 0 Å². The van der Waals surface area contributed by atoms with Crippen LogP contribution in [0.25, 0.3) is 0 Å². The lowest BCUT2D eigenvalue weighted by atomic mass is 9.93. The molecule has 3 nitrogen and oxygen atoms in total. The van der Waals surface area contributed by atoms with Crippen LogP contribution >= 0.6 is 0 Å². The number of carbonyl (C=O) groups is 1. The molecule has 0 radical (unpaired) electrons. The van der Waals surface area contributed by atoms with Gasteiger partial charge in [-0.05, 0) is 23.3 Å². The van der Waals surface area contributed by atoms with Crippen molar-refractivity contribution >= 4 is 5.78 Å². The van der Waals surface area contributed by atoms with Gasteiger partial charge in [0.2, 0.25) is 0 Å². The number of methoxy groups -OCH3 is 1. The zero-order valence-electron chi connectivity index (χ0n) is 12.2. The summed E-state index contributed by atoms with van der Waals surface area (Å²) in [6.45, 7) is 1.93. The fourth-order valence-electron chi connectivity index (χ4n) is 2.75. The first-order chi connectivity index (χ1) is 10.2. The molecule has 3 atom stereocenters. The molecule has 0 unspecified atom stereocenters. The van der Waals surface area contributed by atoms with E-state index in [-0.39, 0.29) is 17.8 Å². The van der Waals surface area contributed by atoms with Crippen molar-refractivity contribution in [1.82, 2.24) is 0 Å². The normalized spacial score (nSPS) is 25.0. The van der Waals surface area contributed by atoms with E-state index in [0.717, 1.165) is 16.9 Å². The Bertz CT molecular complexity index is 619. The third-order valence-electron chi connectivity index (χ3n) is 3.99. The Morgan fingerprint density at radius 2 is 1.62 bits per heavy atom. The van der Waals surface area contributed by atoms with Crippen molar-refractivity contribution in [3.63, 3.8) is 0 Å². The molecule has 0 bridgehead atoms. The zero-order valence-corrected chi connectivity index (χ0v) is 12.2. The van der Waals surface area contributed by atoms with Crippen molar-refractivity contribution in [2.24, 2.45) is 5.92 Å². The molecule has 0 saturated carbocycles. The summed E-state index contributed by atoms with van der Waals surface area (Å²) in [6, 6.07) is 17.4. The first-order valence-corrected chi connectivity index (χ1v) is 7.09. The molecule has 21 heavy (non-hydrogen) atoms.